The van der Waals surface area contributed by atoms with Crippen LogP contribution in [0, 0.1) is 0 Å². The summed E-state index contributed by atoms with van der Waals surface area (Å²) >= 11 is 6.19. The van der Waals surface area contributed by atoms with Crippen LogP contribution in [0.15, 0.2) is 36.7 Å². The molecule has 1 fully saturated rings. The molecule has 0 aliphatic carbocycles. The number of hydrogen-bond donors (Lipinski definition) is 2. The molecular formula is C20H19ClF2N4O4. The van der Waals surface area contributed by atoms with Crippen molar-refractivity contribution in [3.05, 3.63) is 41.7 Å². The Hall–Kier alpha value is -3.27. The number of fused-ring (bicyclic) bond motifs is 1. The summed E-state index contributed by atoms with van der Waals surface area (Å²) in [4.78, 5) is 17.5. The van der Waals surface area contributed by atoms with Crippen LogP contribution in [0.1, 0.15) is 6.42 Å². The third-order valence-corrected chi connectivity index (χ3v) is 5.37. The second-order valence-electron chi connectivity index (χ2n) is 7.02. The molecule has 11 heteroatoms. The van der Waals surface area contributed by atoms with Crippen LogP contribution in [0.2, 0.25) is 5.02 Å². The SMILES string of the molecule is COc1cc(OC(F)F)c(-c2cn3ccc(N4CCC(NC(=O)O)C4)cc3n2)cc1Cl. The van der Waals surface area contributed by atoms with Crippen molar-refractivity contribution >= 4 is 29.0 Å². The van der Waals surface area contributed by atoms with Gasteiger partial charge in [0.1, 0.15) is 17.1 Å². The van der Waals surface area contributed by atoms with Crippen molar-refractivity contribution in [3.63, 3.8) is 0 Å². The fourth-order valence-electron chi connectivity index (χ4n) is 3.67. The van der Waals surface area contributed by atoms with Crippen LogP contribution in [-0.2, 0) is 0 Å². The van der Waals surface area contributed by atoms with Gasteiger partial charge in [-0.2, -0.15) is 8.78 Å². The Balaban J connectivity index is 1.66. The van der Waals surface area contributed by atoms with E-state index in [4.69, 9.17) is 21.4 Å². The Morgan fingerprint density at radius 3 is 2.87 bits per heavy atom. The second-order valence-corrected chi connectivity index (χ2v) is 7.43. The zero-order valence-corrected chi connectivity index (χ0v) is 17.1. The van der Waals surface area contributed by atoms with Crippen LogP contribution < -0.4 is 19.7 Å². The van der Waals surface area contributed by atoms with Crippen molar-refractivity contribution in [1.29, 1.82) is 0 Å². The fraction of sp³-hybridized carbons (Fsp3) is 0.300. The van der Waals surface area contributed by atoms with Crippen LogP contribution in [0.5, 0.6) is 11.5 Å². The molecule has 1 amide bonds. The Bertz CT molecular complexity index is 1120. The normalized spacial score (nSPS) is 16.2. The molecule has 0 spiro atoms. The summed E-state index contributed by atoms with van der Waals surface area (Å²) in [6, 6.07) is 6.38. The highest BCUT2D eigenvalue weighted by Crippen LogP contribution is 2.39. The highest BCUT2D eigenvalue weighted by atomic mass is 35.5. The predicted octanol–water partition coefficient (Wildman–Crippen LogP) is 4.11. The highest BCUT2D eigenvalue weighted by molar-refractivity contribution is 6.32. The summed E-state index contributed by atoms with van der Waals surface area (Å²) in [6.07, 6.45) is 3.16. The van der Waals surface area contributed by atoms with Crippen molar-refractivity contribution in [2.45, 2.75) is 19.1 Å². The quantitative estimate of drug-likeness (QED) is 0.585. The van der Waals surface area contributed by atoms with E-state index in [0.717, 1.165) is 5.69 Å². The first-order valence-electron chi connectivity index (χ1n) is 9.40. The third kappa shape index (κ3) is 4.43. The summed E-state index contributed by atoms with van der Waals surface area (Å²) < 4.78 is 37.4. The number of nitrogens with zero attached hydrogens (tertiary/aromatic N) is 3. The number of nitrogens with one attached hydrogen (secondary N) is 1. The van der Waals surface area contributed by atoms with Crippen LogP contribution in [0.25, 0.3) is 16.9 Å². The minimum atomic E-state index is -3.02. The van der Waals surface area contributed by atoms with E-state index in [1.54, 1.807) is 16.8 Å². The number of methoxy groups -OCH3 is 1. The topological polar surface area (TPSA) is 88.3 Å². The van der Waals surface area contributed by atoms with Gasteiger partial charge in [-0.05, 0) is 18.6 Å². The van der Waals surface area contributed by atoms with Gasteiger partial charge in [0, 0.05) is 48.9 Å². The summed E-state index contributed by atoms with van der Waals surface area (Å²) in [6.45, 7) is -1.76. The van der Waals surface area contributed by atoms with Crippen LogP contribution in [0.4, 0.5) is 19.3 Å². The fourth-order valence-corrected chi connectivity index (χ4v) is 3.91. The molecule has 4 rings (SSSR count). The van der Waals surface area contributed by atoms with E-state index >= 15 is 0 Å². The number of benzene rings is 1. The molecule has 0 saturated carbocycles. The Morgan fingerprint density at radius 2 is 2.16 bits per heavy atom. The molecule has 3 aromatic rings. The molecule has 1 saturated heterocycles. The number of imidazole rings is 1. The summed E-state index contributed by atoms with van der Waals surface area (Å²) in [5.74, 6) is 0.118. The van der Waals surface area contributed by atoms with Crippen molar-refractivity contribution in [3.8, 4) is 22.8 Å². The minimum absolute atomic E-state index is 0.0954. The van der Waals surface area contributed by atoms with Gasteiger partial charge in [0.2, 0.25) is 0 Å². The van der Waals surface area contributed by atoms with Gasteiger partial charge in [-0.25, -0.2) is 9.78 Å². The minimum Gasteiger partial charge on any atom is -0.495 e. The second kappa shape index (κ2) is 8.46. The van der Waals surface area contributed by atoms with Crippen LogP contribution in [0.3, 0.4) is 0 Å². The number of alkyl halides is 2. The summed E-state index contributed by atoms with van der Waals surface area (Å²) in [5, 5.41) is 11.6. The van der Waals surface area contributed by atoms with Gasteiger partial charge < -0.3 is 29.2 Å². The van der Waals surface area contributed by atoms with E-state index in [1.807, 2.05) is 12.1 Å². The molecule has 0 bridgehead atoms. The Kier molecular flexibility index (Phi) is 5.73. The van der Waals surface area contributed by atoms with E-state index in [1.165, 1.54) is 19.2 Å². The molecule has 2 N–H and O–H groups in total. The van der Waals surface area contributed by atoms with Crippen LogP contribution in [-0.4, -0.2) is 53.4 Å². The lowest BCUT2D eigenvalue weighted by Crippen LogP contribution is -2.36. The smallest absolute Gasteiger partial charge is 0.404 e. The first-order chi connectivity index (χ1) is 14.8. The van der Waals surface area contributed by atoms with Gasteiger partial charge in [-0.15, -0.1) is 0 Å². The van der Waals surface area contributed by atoms with Crippen molar-refractivity contribution < 1.29 is 28.2 Å². The van der Waals surface area contributed by atoms with E-state index in [2.05, 4.69) is 19.9 Å². The van der Waals surface area contributed by atoms with E-state index < -0.39 is 12.7 Å². The first-order valence-corrected chi connectivity index (χ1v) is 9.77. The molecule has 1 unspecified atom stereocenters. The van der Waals surface area contributed by atoms with Gasteiger partial charge >= 0.3 is 12.7 Å². The molecule has 1 atom stereocenters. The summed E-state index contributed by atoms with van der Waals surface area (Å²) in [5.41, 5.74) is 2.20. The first kappa shape index (κ1) is 21.0. The van der Waals surface area contributed by atoms with Crippen molar-refractivity contribution in [2.75, 3.05) is 25.1 Å². The number of hydrogen-bond acceptors (Lipinski definition) is 5. The molecule has 1 aromatic carbocycles. The third-order valence-electron chi connectivity index (χ3n) is 5.07. The molecule has 8 nitrogen and oxygen atoms in total. The number of carboxylic acid groups (broad SMARTS) is 1. The number of anilines is 1. The van der Waals surface area contributed by atoms with Crippen molar-refractivity contribution in [1.82, 2.24) is 14.7 Å². The molecule has 1 aliphatic heterocycles. The van der Waals surface area contributed by atoms with E-state index in [0.29, 0.717) is 36.4 Å². The monoisotopic (exact) mass is 452 g/mol. The summed E-state index contributed by atoms with van der Waals surface area (Å²) in [7, 11) is 1.38. The standard InChI is InChI=1S/C20H19ClF2N4O4/c1-30-17-8-16(31-19(22)23)13(7-14(17)21)15-10-27-5-3-12(6-18(27)25-15)26-4-2-11(9-26)24-20(28)29/h3,5-8,10-11,19,24H,2,4,9H2,1H3,(H,28,29). The van der Waals surface area contributed by atoms with Gasteiger partial charge in [0.15, 0.2) is 0 Å². The lowest BCUT2D eigenvalue weighted by Gasteiger charge is -2.18. The van der Waals surface area contributed by atoms with Gasteiger partial charge in [-0.1, -0.05) is 11.6 Å². The average Bonchev–Trinajstić information content (AvgIpc) is 3.34. The molecule has 164 valence electrons. The van der Waals surface area contributed by atoms with E-state index in [-0.39, 0.29) is 22.6 Å². The predicted molar refractivity (Wildman–Crippen MR) is 111 cm³/mol. The zero-order chi connectivity index (χ0) is 22.1. The van der Waals surface area contributed by atoms with Crippen LogP contribution >= 0.6 is 11.6 Å². The number of carbonyl (C=O) groups is 1. The number of rotatable bonds is 6. The zero-order valence-electron chi connectivity index (χ0n) is 16.4. The molecular weight excluding hydrogens is 434 g/mol. The lowest BCUT2D eigenvalue weighted by molar-refractivity contribution is -0.0495. The highest BCUT2D eigenvalue weighted by Gasteiger charge is 2.24. The van der Waals surface area contributed by atoms with Gasteiger partial charge in [0.05, 0.1) is 23.9 Å². The maximum atomic E-state index is 12.9. The number of halogens is 3. The lowest BCUT2D eigenvalue weighted by atomic mass is 10.1. The number of pyridine rings is 1. The van der Waals surface area contributed by atoms with Gasteiger partial charge in [-0.3, -0.25) is 0 Å². The maximum absolute atomic E-state index is 12.9. The molecule has 3 heterocycles. The largest absolute Gasteiger partial charge is 0.495 e. The van der Waals surface area contributed by atoms with Gasteiger partial charge in [0.25, 0.3) is 0 Å². The Labute approximate surface area is 181 Å². The van der Waals surface area contributed by atoms with Crippen molar-refractivity contribution in [2.24, 2.45) is 0 Å². The molecule has 31 heavy (non-hydrogen) atoms. The number of aromatic nitrogens is 2. The molecule has 1 aliphatic rings. The molecule has 0 radical (unpaired) electrons. The number of amides is 1. The maximum Gasteiger partial charge on any atom is 0.404 e. The number of ether oxygens (including phenoxy) is 2. The average molecular weight is 453 g/mol. The van der Waals surface area contributed by atoms with E-state index in [9.17, 15) is 13.6 Å². The molecule has 2 aromatic heterocycles. The Morgan fingerprint density at radius 1 is 1.35 bits per heavy atom.